The van der Waals surface area contributed by atoms with Crippen molar-refractivity contribution in [3.63, 3.8) is 0 Å². The van der Waals surface area contributed by atoms with Crippen molar-refractivity contribution in [1.29, 1.82) is 0 Å². The number of carbonyl (C=O) groups excluding carboxylic acids is 2. The van der Waals surface area contributed by atoms with Crippen molar-refractivity contribution < 1.29 is 19.1 Å². The Balaban J connectivity index is 1.51. The highest BCUT2D eigenvalue weighted by molar-refractivity contribution is 8.27. The van der Waals surface area contributed by atoms with Crippen LogP contribution in [0.4, 0.5) is 5.69 Å². The predicted octanol–water partition coefficient (Wildman–Crippen LogP) is 5.15. The van der Waals surface area contributed by atoms with Crippen LogP contribution < -0.4 is 14.4 Å². The summed E-state index contributed by atoms with van der Waals surface area (Å²) >= 11 is 12.7. The lowest BCUT2D eigenvalue weighted by atomic mass is 10.1. The second-order valence-electron chi connectivity index (χ2n) is 7.51. The number of hydrogen-bond acceptors (Lipinski definition) is 6. The largest absolute Gasteiger partial charge is 0.490 e. The number of anilines is 1. The molecule has 2 aromatic rings. The van der Waals surface area contributed by atoms with Crippen molar-refractivity contribution in [2.24, 2.45) is 0 Å². The summed E-state index contributed by atoms with van der Waals surface area (Å²) in [6.07, 6.45) is 3.84. The summed E-state index contributed by atoms with van der Waals surface area (Å²) in [5.74, 6) is 0.782. The van der Waals surface area contributed by atoms with Crippen LogP contribution in [0.2, 0.25) is 5.02 Å². The minimum atomic E-state index is -0.207. The van der Waals surface area contributed by atoms with Crippen molar-refractivity contribution in [3.05, 3.63) is 58.0 Å². The van der Waals surface area contributed by atoms with Crippen LogP contribution in [0.25, 0.3) is 6.08 Å². The molecule has 0 saturated carbocycles. The fraction of sp³-hybridized carbons (Fsp3) is 0.292. The van der Waals surface area contributed by atoms with E-state index in [-0.39, 0.29) is 18.4 Å². The Labute approximate surface area is 207 Å². The maximum atomic E-state index is 13.0. The number of halogens is 1. The number of hydrogen-bond donors (Lipinski definition) is 0. The predicted molar refractivity (Wildman–Crippen MR) is 136 cm³/mol. The number of rotatable bonds is 7. The van der Waals surface area contributed by atoms with E-state index in [1.54, 1.807) is 42.5 Å². The highest BCUT2D eigenvalue weighted by Crippen LogP contribution is 2.38. The number of thioether (sulfide) groups is 1. The molecule has 0 spiro atoms. The van der Waals surface area contributed by atoms with Crippen LogP contribution in [-0.4, -0.2) is 47.3 Å². The first kappa shape index (κ1) is 23.6. The topological polar surface area (TPSA) is 59.1 Å². The van der Waals surface area contributed by atoms with Crippen LogP contribution in [0.15, 0.2) is 47.4 Å². The second kappa shape index (κ2) is 10.6. The van der Waals surface area contributed by atoms with E-state index in [1.807, 2.05) is 17.9 Å². The Kier molecular flexibility index (Phi) is 7.57. The van der Waals surface area contributed by atoms with Crippen LogP contribution in [0.5, 0.6) is 11.5 Å². The number of thiocarbonyl (C=S) groups is 1. The number of nitrogens with zero attached hydrogens (tertiary/aromatic N) is 2. The monoisotopic (exact) mass is 502 g/mol. The minimum absolute atomic E-state index is 0.0243. The molecule has 0 aliphatic carbocycles. The Hall–Kier alpha value is -2.55. The first-order valence-electron chi connectivity index (χ1n) is 10.7. The van der Waals surface area contributed by atoms with E-state index < -0.39 is 0 Å². The van der Waals surface area contributed by atoms with Gasteiger partial charge in [-0.1, -0.05) is 47.7 Å². The third kappa shape index (κ3) is 5.51. The molecule has 0 unspecified atom stereocenters. The fourth-order valence-electron chi connectivity index (χ4n) is 3.66. The molecular formula is C24H23ClN2O4S2. The number of carbonyl (C=O) groups is 2. The highest BCUT2D eigenvalue weighted by atomic mass is 35.5. The molecule has 0 aromatic heterocycles. The summed E-state index contributed by atoms with van der Waals surface area (Å²) in [6.45, 7) is 3.86. The average molecular weight is 503 g/mol. The summed E-state index contributed by atoms with van der Waals surface area (Å²) in [5, 5.41) is 0.533. The molecule has 0 radical (unpaired) electrons. The zero-order chi connectivity index (χ0) is 23.4. The Morgan fingerprint density at radius 1 is 1.15 bits per heavy atom. The molecule has 2 amide bonds. The van der Waals surface area contributed by atoms with Gasteiger partial charge in [0, 0.05) is 18.1 Å². The van der Waals surface area contributed by atoms with Crippen molar-refractivity contribution in [2.45, 2.75) is 19.8 Å². The molecule has 4 rings (SSSR count). The van der Waals surface area contributed by atoms with Crippen LogP contribution in [0.1, 0.15) is 25.3 Å². The summed E-state index contributed by atoms with van der Waals surface area (Å²) in [7, 11) is 0. The zero-order valence-corrected chi connectivity index (χ0v) is 20.5. The normalized spacial score (nSPS) is 17.2. The van der Waals surface area contributed by atoms with Gasteiger partial charge in [0.1, 0.15) is 0 Å². The summed E-state index contributed by atoms with van der Waals surface area (Å²) in [6, 6.07) is 12.4. The van der Waals surface area contributed by atoms with Gasteiger partial charge in [-0.15, -0.1) is 0 Å². The number of ether oxygens (including phenoxy) is 2. The molecule has 0 N–H and O–H groups in total. The van der Waals surface area contributed by atoms with E-state index in [4.69, 9.17) is 33.3 Å². The van der Waals surface area contributed by atoms with Crippen LogP contribution in [-0.2, 0) is 9.59 Å². The van der Waals surface area contributed by atoms with E-state index in [9.17, 15) is 9.59 Å². The maximum absolute atomic E-state index is 13.0. The van der Waals surface area contributed by atoms with Crippen LogP contribution in [0.3, 0.4) is 0 Å². The fourth-order valence-corrected chi connectivity index (χ4v) is 5.14. The summed E-state index contributed by atoms with van der Waals surface area (Å²) < 4.78 is 11.9. The molecule has 0 bridgehead atoms. The van der Waals surface area contributed by atoms with E-state index >= 15 is 0 Å². The van der Waals surface area contributed by atoms with Gasteiger partial charge in [-0.25, -0.2) is 0 Å². The van der Waals surface area contributed by atoms with Gasteiger partial charge in [-0.05, 0) is 61.7 Å². The van der Waals surface area contributed by atoms with Gasteiger partial charge in [0.05, 0.1) is 17.2 Å². The Morgan fingerprint density at radius 3 is 2.67 bits per heavy atom. The summed E-state index contributed by atoms with van der Waals surface area (Å²) in [4.78, 5) is 29.1. The lowest BCUT2D eigenvalue weighted by Gasteiger charge is -2.17. The van der Waals surface area contributed by atoms with Crippen LogP contribution >= 0.6 is 35.6 Å². The van der Waals surface area contributed by atoms with E-state index in [1.165, 1.54) is 16.7 Å². The molecular weight excluding hydrogens is 480 g/mol. The SMILES string of the molecule is CCOc1cc(/C=C2/SC(=S)N(c3cccc(Cl)c3)C2=O)ccc1OCC(=O)N1CCCC1. The first-order chi connectivity index (χ1) is 16.0. The molecule has 2 fully saturated rings. The molecule has 33 heavy (non-hydrogen) atoms. The number of benzene rings is 2. The molecule has 0 atom stereocenters. The second-order valence-corrected chi connectivity index (χ2v) is 9.62. The quantitative estimate of drug-likeness (QED) is 0.385. The first-order valence-corrected chi connectivity index (χ1v) is 12.3. The molecule has 9 heteroatoms. The van der Waals surface area contributed by atoms with Crippen molar-refractivity contribution in [2.75, 3.05) is 31.2 Å². The third-order valence-electron chi connectivity index (χ3n) is 5.24. The lowest BCUT2D eigenvalue weighted by molar-refractivity contribution is -0.132. The van der Waals surface area contributed by atoms with Gasteiger partial charge in [-0.3, -0.25) is 14.5 Å². The lowest BCUT2D eigenvalue weighted by Crippen LogP contribution is -2.32. The molecule has 172 valence electrons. The smallest absolute Gasteiger partial charge is 0.270 e. The van der Waals surface area contributed by atoms with Gasteiger partial charge >= 0.3 is 0 Å². The maximum Gasteiger partial charge on any atom is 0.270 e. The number of likely N-dealkylation sites (tertiary alicyclic amines) is 1. The summed E-state index contributed by atoms with van der Waals surface area (Å²) in [5.41, 5.74) is 1.40. The molecule has 2 heterocycles. The number of amides is 2. The van der Waals surface area contributed by atoms with Gasteiger partial charge < -0.3 is 14.4 Å². The minimum Gasteiger partial charge on any atom is -0.490 e. The van der Waals surface area contributed by atoms with E-state index in [0.29, 0.717) is 38.0 Å². The zero-order valence-electron chi connectivity index (χ0n) is 18.1. The van der Waals surface area contributed by atoms with Gasteiger partial charge in [-0.2, -0.15) is 0 Å². The Bertz CT molecular complexity index is 1120. The average Bonchev–Trinajstić information content (AvgIpc) is 3.42. The van der Waals surface area contributed by atoms with Crippen molar-refractivity contribution in [3.8, 4) is 11.5 Å². The molecule has 2 aliphatic rings. The molecule has 2 aromatic carbocycles. The molecule has 6 nitrogen and oxygen atoms in total. The Morgan fingerprint density at radius 2 is 1.94 bits per heavy atom. The standard InChI is InChI=1S/C24H23ClN2O4S2/c1-2-30-20-12-16(8-9-19(20)31-15-22(28)26-10-3-4-11-26)13-21-23(29)27(24(32)33-21)18-7-5-6-17(25)14-18/h5-9,12-14H,2-4,10-11,15H2,1H3/b21-13+. The highest BCUT2D eigenvalue weighted by Gasteiger charge is 2.33. The third-order valence-corrected chi connectivity index (χ3v) is 6.77. The van der Waals surface area contributed by atoms with Crippen molar-refractivity contribution in [1.82, 2.24) is 4.90 Å². The van der Waals surface area contributed by atoms with E-state index in [2.05, 4.69) is 0 Å². The molecule has 2 aliphatic heterocycles. The molecule has 2 saturated heterocycles. The van der Waals surface area contributed by atoms with E-state index in [0.717, 1.165) is 31.5 Å². The van der Waals surface area contributed by atoms with Gasteiger partial charge in [0.2, 0.25) is 0 Å². The van der Waals surface area contributed by atoms with Gasteiger partial charge in [0.25, 0.3) is 11.8 Å². The van der Waals surface area contributed by atoms with Crippen molar-refractivity contribution >= 4 is 63.5 Å². The van der Waals surface area contributed by atoms with Gasteiger partial charge in [0.15, 0.2) is 22.4 Å². The van der Waals surface area contributed by atoms with Crippen LogP contribution in [0, 0.1) is 0 Å².